The molecule has 0 atom stereocenters. The summed E-state index contributed by atoms with van der Waals surface area (Å²) in [5, 5.41) is 12.5. The van der Waals surface area contributed by atoms with Gasteiger partial charge in [0.2, 0.25) is 0 Å². The lowest BCUT2D eigenvalue weighted by Crippen LogP contribution is -2.37. The Balaban J connectivity index is 1.87. The maximum atomic E-state index is 13.8. The van der Waals surface area contributed by atoms with Crippen LogP contribution in [0, 0.1) is 12.7 Å². The van der Waals surface area contributed by atoms with Gasteiger partial charge in [-0.3, -0.25) is 4.79 Å². The number of H-pyrrole nitrogens is 1. The second-order valence-electron chi connectivity index (χ2n) is 6.57. The fourth-order valence-corrected chi connectivity index (χ4v) is 3.02. The molecule has 0 aliphatic heterocycles. The highest BCUT2D eigenvalue weighted by atomic mass is 19.1. The largest absolute Gasteiger partial charge is 0.396 e. The first-order valence-electron chi connectivity index (χ1n) is 9.02. The highest BCUT2D eigenvalue weighted by molar-refractivity contribution is 5.89. The van der Waals surface area contributed by atoms with E-state index in [9.17, 15) is 14.0 Å². The van der Waals surface area contributed by atoms with Gasteiger partial charge < -0.3 is 20.3 Å². The summed E-state index contributed by atoms with van der Waals surface area (Å²) in [6.07, 6.45) is 0.343. The van der Waals surface area contributed by atoms with E-state index in [-0.39, 0.29) is 30.9 Å². The van der Waals surface area contributed by atoms with Crippen LogP contribution >= 0.6 is 0 Å². The van der Waals surface area contributed by atoms with Crippen LogP contribution in [0.25, 0.3) is 10.9 Å². The minimum absolute atomic E-state index is 0.0412. The topological polar surface area (TPSA) is 85.4 Å². The van der Waals surface area contributed by atoms with Crippen molar-refractivity contribution in [2.45, 2.75) is 19.9 Å². The first kappa shape index (κ1) is 19.6. The highest BCUT2D eigenvalue weighted by Crippen LogP contribution is 2.17. The van der Waals surface area contributed by atoms with Crippen LogP contribution in [0.1, 0.15) is 17.5 Å². The van der Waals surface area contributed by atoms with E-state index in [1.165, 1.54) is 23.1 Å². The number of amides is 2. The number of para-hydroxylation sites is 2. The number of carbonyl (C=O) groups is 1. The Morgan fingerprint density at radius 3 is 2.75 bits per heavy atom. The lowest BCUT2D eigenvalue weighted by atomic mass is 10.1. The molecule has 2 amide bonds. The maximum Gasteiger partial charge on any atom is 0.322 e. The van der Waals surface area contributed by atoms with Crippen LogP contribution in [-0.2, 0) is 6.54 Å². The molecule has 6 nitrogen and oxygen atoms in total. The number of halogens is 1. The van der Waals surface area contributed by atoms with Crippen molar-refractivity contribution in [3.05, 3.63) is 75.8 Å². The van der Waals surface area contributed by atoms with Gasteiger partial charge in [0.25, 0.3) is 5.56 Å². The lowest BCUT2D eigenvalue weighted by molar-refractivity contribution is 0.199. The molecule has 0 aliphatic rings. The van der Waals surface area contributed by atoms with Crippen LogP contribution in [0.5, 0.6) is 0 Å². The molecule has 1 aromatic heterocycles. The first-order chi connectivity index (χ1) is 13.5. The number of carbonyl (C=O) groups excluding carboxylic acids is 1. The van der Waals surface area contributed by atoms with Crippen molar-refractivity contribution in [1.29, 1.82) is 0 Å². The zero-order valence-corrected chi connectivity index (χ0v) is 15.5. The Morgan fingerprint density at radius 1 is 1.21 bits per heavy atom. The van der Waals surface area contributed by atoms with E-state index in [4.69, 9.17) is 5.11 Å². The van der Waals surface area contributed by atoms with Crippen molar-refractivity contribution in [2.75, 3.05) is 18.5 Å². The normalized spacial score (nSPS) is 10.8. The van der Waals surface area contributed by atoms with E-state index < -0.39 is 11.8 Å². The Bertz CT molecular complexity index is 1050. The molecule has 7 heteroatoms. The van der Waals surface area contributed by atoms with Gasteiger partial charge in [0.05, 0.1) is 17.7 Å². The third kappa shape index (κ3) is 4.37. The second-order valence-corrected chi connectivity index (χ2v) is 6.57. The van der Waals surface area contributed by atoms with Gasteiger partial charge in [-0.05, 0) is 42.5 Å². The summed E-state index contributed by atoms with van der Waals surface area (Å²) in [7, 11) is 0. The SMILES string of the molecule is Cc1cccc2cc(CN(CCCO)C(=O)Nc3ccccc3F)c(=O)[nH]c12. The number of aryl methyl sites for hydroxylation is 1. The molecule has 3 N–H and O–H groups in total. The molecule has 1 heterocycles. The van der Waals surface area contributed by atoms with Crippen molar-refractivity contribution in [1.82, 2.24) is 9.88 Å². The Labute approximate surface area is 161 Å². The van der Waals surface area contributed by atoms with Crippen molar-refractivity contribution in [3.63, 3.8) is 0 Å². The van der Waals surface area contributed by atoms with Gasteiger partial charge in [0, 0.05) is 18.7 Å². The Kier molecular flexibility index (Phi) is 6.06. The van der Waals surface area contributed by atoms with E-state index in [2.05, 4.69) is 10.3 Å². The van der Waals surface area contributed by atoms with Crippen LogP contribution < -0.4 is 10.9 Å². The summed E-state index contributed by atoms with van der Waals surface area (Å²) in [6.45, 7) is 2.08. The van der Waals surface area contributed by atoms with Crippen molar-refractivity contribution >= 4 is 22.6 Å². The van der Waals surface area contributed by atoms with Gasteiger partial charge in [-0.2, -0.15) is 0 Å². The quantitative estimate of drug-likeness (QED) is 0.610. The number of hydrogen-bond donors (Lipinski definition) is 3. The van der Waals surface area contributed by atoms with Crippen LogP contribution in [0.15, 0.2) is 53.3 Å². The maximum absolute atomic E-state index is 13.8. The second kappa shape index (κ2) is 8.67. The third-order valence-electron chi connectivity index (χ3n) is 4.51. The van der Waals surface area contributed by atoms with Gasteiger partial charge in [-0.15, -0.1) is 0 Å². The standard InChI is InChI=1S/C21H22FN3O3/c1-14-6-4-7-15-12-16(20(27)24-19(14)15)13-25(10-5-11-26)21(28)23-18-9-3-2-8-17(18)22/h2-4,6-9,12,26H,5,10-11,13H2,1H3,(H,23,28)(H,24,27). The molecule has 0 bridgehead atoms. The van der Waals surface area contributed by atoms with E-state index in [1.54, 1.807) is 12.1 Å². The summed E-state index contributed by atoms with van der Waals surface area (Å²) in [4.78, 5) is 29.4. The van der Waals surface area contributed by atoms with Crippen LogP contribution in [-0.4, -0.2) is 34.2 Å². The first-order valence-corrected chi connectivity index (χ1v) is 9.02. The molecule has 2 aromatic carbocycles. The molecule has 0 saturated carbocycles. The number of hydrogen-bond acceptors (Lipinski definition) is 3. The van der Waals surface area contributed by atoms with Crippen LogP contribution in [0.3, 0.4) is 0 Å². The molecule has 146 valence electrons. The van der Waals surface area contributed by atoms with E-state index >= 15 is 0 Å². The fourth-order valence-electron chi connectivity index (χ4n) is 3.02. The predicted molar refractivity (Wildman–Crippen MR) is 107 cm³/mol. The third-order valence-corrected chi connectivity index (χ3v) is 4.51. The van der Waals surface area contributed by atoms with Gasteiger partial charge in [-0.1, -0.05) is 30.3 Å². The van der Waals surface area contributed by atoms with Gasteiger partial charge in [0.1, 0.15) is 5.82 Å². The van der Waals surface area contributed by atoms with E-state index in [0.717, 1.165) is 16.5 Å². The number of nitrogens with one attached hydrogen (secondary N) is 2. The molecule has 0 fully saturated rings. The molecule has 3 rings (SSSR count). The summed E-state index contributed by atoms with van der Waals surface area (Å²) < 4.78 is 13.8. The average Bonchev–Trinajstić information content (AvgIpc) is 2.68. The monoisotopic (exact) mass is 383 g/mol. The van der Waals surface area contributed by atoms with Crippen LogP contribution in [0.2, 0.25) is 0 Å². The average molecular weight is 383 g/mol. The Morgan fingerprint density at radius 2 is 2.00 bits per heavy atom. The predicted octanol–water partition coefficient (Wildman–Crippen LogP) is 3.39. The molecule has 0 unspecified atom stereocenters. The van der Waals surface area contributed by atoms with E-state index in [0.29, 0.717) is 12.0 Å². The molecular weight excluding hydrogens is 361 g/mol. The minimum atomic E-state index is -0.544. The lowest BCUT2D eigenvalue weighted by Gasteiger charge is -2.23. The molecule has 0 spiro atoms. The summed E-state index contributed by atoms with van der Waals surface area (Å²) >= 11 is 0. The summed E-state index contributed by atoms with van der Waals surface area (Å²) in [5.74, 6) is -0.544. The molecule has 0 radical (unpaired) electrons. The van der Waals surface area contributed by atoms with Gasteiger partial charge in [-0.25, -0.2) is 9.18 Å². The number of benzene rings is 2. The summed E-state index contributed by atoms with van der Waals surface area (Å²) in [6, 6.07) is 12.8. The minimum Gasteiger partial charge on any atom is -0.396 e. The zero-order valence-electron chi connectivity index (χ0n) is 15.5. The number of aliphatic hydroxyl groups is 1. The molecule has 3 aromatic rings. The number of aliphatic hydroxyl groups excluding tert-OH is 1. The van der Waals surface area contributed by atoms with Gasteiger partial charge in [0.15, 0.2) is 0 Å². The number of pyridine rings is 1. The van der Waals surface area contributed by atoms with Crippen molar-refractivity contribution in [3.8, 4) is 0 Å². The highest BCUT2D eigenvalue weighted by Gasteiger charge is 2.17. The number of anilines is 1. The molecule has 28 heavy (non-hydrogen) atoms. The molecule has 0 saturated heterocycles. The van der Waals surface area contributed by atoms with Crippen LogP contribution in [0.4, 0.5) is 14.9 Å². The fraction of sp³-hybridized carbons (Fsp3) is 0.238. The number of aromatic nitrogens is 1. The van der Waals surface area contributed by atoms with Crippen molar-refractivity contribution in [2.24, 2.45) is 0 Å². The van der Waals surface area contributed by atoms with Gasteiger partial charge >= 0.3 is 6.03 Å². The van der Waals surface area contributed by atoms with E-state index in [1.807, 2.05) is 25.1 Å². The zero-order chi connectivity index (χ0) is 20.1. The molecule has 0 aliphatic carbocycles. The summed E-state index contributed by atoms with van der Waals surface area (Å²) in [5.41, 5.74) is 1.91. The number of nitrogens with zero attached hydrogens (tertiary/aromatic N) is 1. The number of urea groups is 1. The Hall–Kier alpha value is -3.19. The number of fused-ring (bicyclic) bond motifs is 1. The van der Waals surface area contributed by atoms with Crippen molar-refractivity contribution < 1.29 is 14.3 Å². The molecular formula is C21H22FN3O3. The number of aromatic amines is 1. The smallest absolute Gasteiger partial charge is 0.322 e. The number of rotatable bonds is 6.